The van der Waals surface area contributed by atoms with Crippen LogP contribution in [-0.4, -0.2) is 31.6 Å². The normalized spacial score (nSPS) is 26.8. The van der Waals surface area contributed by atoms with Crippen molar-refractivity contribution in [1.82, 2.24) is 4.90 Å². The molecule has 2 fully saturated rings. The van der Waals surface area contributed by atoms with Gasteiger partial charge in [-0.2, -0.15) is 0 Å². The Hall–Kier alpha value is -0.860. The number of hydrogen-bond acceptors (Lipinski definition) is 2. The van der Waals surface area contributed by atoms with Crippen molar-refractivity contribution in [3.63, 3.8) is 0 Å². The molecule has 0 spiro atoms. The van der Waals surface area contributed by atoms with Gasteiger partial charge in [-0.25, -0.2) is 0 Å². The second kappa shape index (κ2) is 5.87. The van der Waals surface area contributed by atoms with Gasteiger partial charge in [-0.05, 0) is 69.3 Å². The van der Waals surface area contributed by atoms with Gasteiger partial charge in [0.05, 0.1) is 0 Å². The molecule has 0 aromatic heterocycles. The van der Waals surface area contributed by atoms with Crippen molar-refractivity contribution < 1.29 is 0 Å². The predicted octanol–water partition coefficient (Wildman–Crippen LogP) is 3.27. The van der Waals surface area contributed by atoms with Crippen molar-refractivity contribution >= 4 is 0 Å². The standard InChI is InChI=1S/C18H28N2/c1-20-12-2-4-15(9-13-20)16-5-7-17(8-6-16)18(14-19)10-3-11-18/h5-8,15H,2-4,9-14,19H2,1H3. The lowest BCUT2D eigenvalue weighted by Crippen LogP contribution is -2.41. The van der Waals surface area contributed by atoms with Crippen molar-refractivity contribution in [1.29, 1.82) is 0 Å². The van der Waals surface area contributed by atoms with Crippen molar-refractivity contribution in [3.8, 4) is 0 Å². The summed E-state index contributed by atoms with van der Waals surface area (Å²) in [5, 5.41) is 0. The van der Waals surface area contributed by atoms with E-state index in [0.29, 0.717) is 5.41 Å². The Morgan fingerprint density at radius 2 is 1.85 bits per heavy atom. The first-order valence-corrected chi connectivity index (χ1v) is 8.23. The summed E-state index contributed by atoms with van der Waals surface area (Å²) in [6.07, 6.45) is 7.86. The fraction of sp³-hybridized carbons (Fsp3) is 0.667. The number of rotatable bonds is 3. The molecule has 2 heteroatoms. The van der Waals surface area contributed by atoms with Gasteiger partial charge in [-0.15, -0.1) is 0 Å². The number of nitrogens with zero attached hydrogens (tertiary/aromatic N) is 1. The zero-order chi connectivity index (χ0) is 14.0. The van der Waals surface area contributed by atoms with Crippen LogP contribution in [0.1, 0.15) is 55.6 Å². The molecule has 1 atom stereocenters. The molecule has 2 N–H and O–H groups in total. The van der Waals surface area contributed by atoms with Crippen LogP contribution in [0.25, 0.3) is 0 Å². The second-order valence-corrected chi connectivity index (χ2v) is 6.89. The summed E-state index contributed by atoms with van der Waals surface area (Å²) in [5.41, 5.74) is 9.33. The summed E-state index contributed by atoms with van der Waals surface area (Å²) < 4.78 is 0. The van der Waals surface area contributed by atoms with Crippen molar-refractivity contribution in [2.45, 2.75) is 49.9 Å². The lowest BCUT2D eigenvalue weighted by atomic mass is 9.64. The number of hydrogen-bond donors (Lipinski definition) is 1. The first-order valence-electron chi connectivity index (χ1n) is 8.23. The van der Waals surface area contributed by atoms with Crippen LogP contribution < -0.4 is 5.73 Å². The molecule has 3 rings (SSSR count). The summed E-state index contributed by atoms with van der Waals surface area (Å²) in [5.74, 6) is 0.754. The van der Waals surface area contributed by atoms with Crippen molar-refractivity contribution in [2.24, 2.45) is 5.73 Å². The minimum atomic E-state index is 0.308. The highest BCUT2D eigenvalue weighted by Crippen LogP contribution is 2.43. The van der Waals surface area contributed by atoms with E-state index in [2.05, 4.69) is 36.2 Å². The molecule has 0 bridgehead atoms. The molecule has 20 heavy (non-hydrogen) atoms. The second-order valence-electron chi connectivity index (χ2n) is 6.89. The molecule has 110 valence electrons. The molecule has 1 aliphatic carbocycles. The Labute approximate surface area is 123 Å². The highest BCUT2D eigenvalue weighted by Gasteiger charge is 2.37. The molecule has 1 saturated carbocycles. The molecule has 1 aromatic carbocycles. The fourth-order valence-electron chi connectivity index (χ4n) is 3.90. The van der Waals surface area contributed by atoms with Gasteiger partial charge in [0.2, 0.25) is 0 Å². The lowest BCUT2D eigenvalue weighted by Gasteiger charge is -2.41. The summed E-state index contributed by atoms with van der Waals surface area (Å²) in [4.78, 5) is 2.46. The Morgan fingerprint density at radius 1 is 1.10 bits per heavy atom. The molecule has 1 aromatic rings. The zero-order valence-corrected chi connectivity index (χ0v) is 12.8. The average Bonchev–Trinajstić information content (AvgIpc) is 2.64. The van der Waals surface area contributed by atoms with Gasteiger partial charge in [-0.3, -0.25) is 0 Å². The van der Waals surface area contributed by atoms with Crippen LogP contribution in [0.4, 0.5) is 0 Å². The van der Waals surface area contributed by atoms with Crippen LogP contribution in [0.3, 0.4) is 0 Å². The molecule has 2 aliphatic rings. The molecular formula is C18H28N2. The molecule has 1 saturated heterocycles. The van der Waals surface area contributed by atoms with E-state index in [0.717, 1.165) is 12.5 Å². The smallest absolute Gasteiger partial charge is 0.00755 e. The molecular weight excluding hydrogens is 244 g/mol. The summed E-state index contributed by atoms with van der Waals surface area (Å²) in [7, 11) is 2.24. The molecule has 0 amide bonds. The summed E-state index contributed by atoms with van der Waals surface area (Å²) in [6, 6.07) is 9.47. The van der Waals surface area contributed by atoms with Gasteiger partial charge < -0.3 is 10.6 Å². The highest BCUT2D eigenvalue weighted by atomic mass is 15.1. The fourth-order valence-corrected chi connectivity index (χ4v) is 3.90. The predicted molar refractivity (Wildman–Crippen MR) is 85.1 cm³/mol. The van der Waals surface area contributed by atoms with E-state index in [9.17, 15) is 0 Å². The Balaban J connectivity index is 1.72. The third kappa shape index (κ3) is 2.64. The van der Waals surface area contributed by atoms with Gasteiger partial charge in [0.15, 0.2) is 0 Å². The monoisotopic (exact) mass is 272 g/mol. The topological polar surface area (TPSA) is 29.3 Å². The molecule has 1 aliphatic heterocycles. The van der Waals surface area contributed by atoms with Gasteiger partial charge in [-0.1, -0.05) is 30.7 Å². The van der Waals surface area contributed by atoms with E-state index in [4.69, 9.17) is 5.73 Å². The first-order chi connectivity index (χ1) is 9.73. The SMILES string of the molecule is CN1CCCC(c2ccc(C3(CN)CCC3)cc2)CC1. The maximum absolute atomic E-state index is 6.01. The number of benzene rings is 1. The van der Waals surface area contributed by atoms with Crippen LogP contribution in [0, 0.1) is 0 Å². The van der Waals surface area contributed by atoms with E-state index in [1.807, 2.05) is 0 Å². The Morgan fingerprint density at radius 3 is 2.45 bits per heavy atom. The number of likely N-dealkylation sites (tertiary alicyclic amines) is 1. The van der Waals surface area contributed by atoms with Crippen LogP contribution in [-0.2, 0) is 5.41 Å². The van der Waals surface area contributed by atoms with E-state index in [-0.39, 0.29) is 0 Å². The van der Waals surface area contributed by atoms with Gasteiger partial charge in [0, 0.05) is 12.0 Å². The third-order valence-corrected chi connectivity index (χ3v) is 5.65. The van der Waals surface area contributed by atoms with Crippen LogP contribution in [0.5, 0.6) is 0 Å². The third-order valence-electron chi connectivity index (χ3n) is 5.65. The van der Waals surface area contributed by atoms with Crippen LogP contribution >= 0.6 is 0 Å². The van der Waals surface area contributed by atoms with E-state index in [1.54, 1.807) is 0 Å². The first kappa shape index (κ1) is 14.1. The average molecular weight is 272 g/mol. The Bertz CT molecular complexity index is 428. The quantitative estimate of drug-likeness (QED) is 0.915. The lowest BCUT2D eigenvalue weighted by molar-refractivity contribution is 0.253. The maximum Gasteiger partial charge on any atom is 0.00755 e. The van der Waals surface area contributed by atoms with Crippen molar-refractivity contribution in [2.75, 3.05) is 26.7 Å². The van der Waals surface area contributed by atoms with E-state index >= 15 is 0 Å². The van der Waals surface area contributed by atoms with Gasteiger partial charge >= 0.3 is 0 Å². The molecule has 1 heterocycles. The van der Waals surface area contributed by atoms with Crippen LogP contribution in [0.15, 0.2) is 24.3 Å². The minimum absolute atomic E-state index is 0.308. The zero-order valence-electron chi connectivity index (χ0n) is 12.8. The minimum Gasteiger partial charge on any atom is -0.330 e. The highest BCUT2D eigenvalue weighted by molar-refractivity contribution is 5.33. The largest absolute Gasteiger partial charge is 0.330 e. The Kier molecular flexibility index (Phi) is 4.13. The van der Waals surface area contributed by atoms with E-state index < -0.39 is 0 Å². The van der Waals surface area contributed by atoms with Crippen LogP contribution in [0.2, 0.25) is 0 Å². The molecule has 0 radical (unpaired) electrons. The summed E-state index contributed by atoms with van der Waals surface area (Å²) >= 11 is 0. The molecule has 2 nitrogen and oxygen atoms in total. The number of nitrogens with two attached hydrogens (primary N) is 1. The maximum atomic E-state index is 6.01. The summed E-state index contributed by atoms with van der Waals surface area (Å²) in [6.45, 7) is 3.30. The van der Waals surface area contributed by atoms with Gasteiger partial charge in [0.25, 0.3) is 0 Å². The van der Waals surface area contributed by atoms with E-state index in [1.165, 1.54) is 62.7 Å². The molecule has 1 unspecified atom stereocenters. The van der Waals surface area contributed by atoms with Gasteiger partial charge in [0.1, 0.15) is 0 Å². The van der Waals surface area contributed by atoms with Crippen molar-refractivity contribution in [3.05, 3.63) is 35.4 Å².